The van der Waals surface area contributed by atoms with Crippen LogP contribution in [0.4, 0.5) is 0 Å². The molecule has 0 amide bonds. The Hall–Kier alpha value is -2.33. The summed E-state index contributed by atoms with van der Waals surface area (Å²) in [6.45, 7) is 2.20. The predicted octanol–water partition coefficient (Wildman–Crippen LogP) is 3.04. The van der Waals surface area contributed by atoms with Gasteiger partial charge in [-0.05, 0) is 16.7 Å². The highest BCUT2D eigenvalue weighted by Crippen LogP contribution is 2.07. The Balaban J connectivity index is 1.93. The van der Waals surface area contributed by atoms with Crippen LogP contribution in [-0.4, -0.2) is 32.1 Å². The minimum Gasteiger partial charge on any atom is -0.380 e. The molecule has 0 aliphatic heterocycles. The fraction of sp³-hybridized carbons (Fsp3) is 0.316. The first-order chi connectivity index (χ1) is 11.2. The van der Waals surface area contributed by atoms with Crippen LogP contribution in [0.25, 0.3) is 0 Å². The number of benzene rings is 2. The van der Waals surface area contributed by atoms with Crippen LogP contribution < -0.4 is 5.32 Å². The topological polar surface area (TPSA) is 36.9 Å². The van der Waals surface area contributed by atoms with Gasteiger partial charge in [0, 0.05) is 34.3 Å². The number of guanidine groups is 1. The van der Waals surface area contributed by atoms with Gasteiger partial charge in [-0.2, -0.15) is 0 Å². The van der Waals surface area contributed by atoms with Crippen molar-refractivity contribution in [2.75, 3.05) is 21.2 Å². The third kappa shape index (κ3) is 5.42. The van der Waals surface area contributed by atoms with Crippen LogP contribution in [0, 0.1) is 0 Å². The number of nitrogens with one attached hydrogen (secondary N) is 1. The zero-order valence-electron chi connectivity index (χ0n) is 14.1. The molecule has 0 aliphatic carbocycles. The van der Waals surface area contributed by atoms with Gasteiger partial charge in [0.2, 0.25) is 0 Å². The second-order valence-corrected chi connectivity index (χ2v) is 5.50. The van der Waals surface area contributed by atoms with Crippen LogP contribution >= 0.6 is 0 Å². The van der Waals surface area contributed by atoms with Crippen molar-refractivity contribution in [1.82, 2.24) is 10.2 Å². The summed E-state index contributed by atoms with van der Waals surface area (Å²) in [7, 11) is 5.57. The molecule has 1 N–H and O–H groups in total. The summed E-state index contributed by atoms with van der Waals surface area (Å²) in [5.41, 5.74) is 3.66. The Morgan fingerprint density at radius 1 is 1.04 bits per heavy atom. The minimum absolute atomic E-state index is 0.635. The molecule has 0 saturated heterocycles. The average Bonchev–Trinajstić information content (AvgIpc) is 2.57. The van der Waals surface area contributed by atoms with E-state index in [1.54, 1.807) is 7.11 Å². The number of rotatable bonds is 6. The molecule has 0 unspecified atom stereocenters. The summed E-state index contributed by atoms with van der Waals surface area (Å²) in [6, 6.07) is 18.8. The van der Waals surface area contributed by atoms with Crippen LogP contribution in [0.15, 0.2) is 59.6 Å². The maximum Gasteiger partial charge on any atom is 0.193 e. The fourth-order valence-corrected chi connectivity index (χ4v) is 2.49. The van der Waals surface area contributed by atoms with Crippen LogP contribution in [0.2, 0.25) is 0 Å². The molecule has 122 valence electrons. The Morgan fingerprint density at radius 3 is 2.43 bits per heavy atom. The van der Waals surface area contributed by atoms with E-state index in [0.29, 0.717) is 6.61 Å². The van der Waals surface area contributed by atoms with Gasteiger partial charge in [0.15, 0.2) is 5.96 Å². The predicted molar refractivity (Wildman–Crippen MR) is 95.3 cm³/mol. The molecular weight excluding hydrogens is 286 g/mol. The summed E-state index contributed by atoms with van der Waals surface area (Å²) in [5, 5.41) is 3.41. The van der Waals surface area contributed by atoms with Gasteiger partial charge in [0.05, 0.1) is 6.61 Å². The largest absolute Gasteiger partial charge is 0.380 e. The van der Waals surface area contributed by atoms with Gasteiger partial charge < -0.3 is 15.0 Å². The quantitative estimate of drug-likeness (QED) is 0.658. The molecule has 0 atom stereocenters. The number of nitrogens with zero attached hydrogens (tertiary/aromatic N) is 2. The maximum absolute atomic E-state index is 5.18. The molecule has 4 nitrogen and oxygen atoms in total. The molecule has 0 radical (unpaired) electrons. The number of aliphatic imine (C=N–C) groups is 1. The summed E-state index contributed by atoms with van der Waals surface area (Å²) in [4.78, 5) is 6.48. The monoisotopic (exact) mass is 311 g/mol. The first-order valence-corrected chi connectivity index (χ1v) is 7.75. The molecule has 0 fully saturated rings. The highest BCUT2D eigenvalue weighted by molar-refractivity contribution is 5.79. The molecule has 0 bridgehead atoms. The Kier molecular flexibility index (Phi) is 6.63. The highest BCUT2D eigenvalue weighted by atomic mass is 16.5. The van der Waals surface area contributed by atoms with E-state index >= 15 is 0 Å². The van der Waals surface area contributed by atoms with Gasteiger partial charge in [-0.25, -0.2) is 0 Å². The van der Waals surface area contributed by atoms with Crippen LogP contribution in [0.1, 0.15) is 16.7 Å². The third-order valence-electron chi connectivity index (χ3n) is 3.59. The number of ether oxygens (including phenoxy) is 1. The zero-order valence-corrected chi connectivity index (χ0v) is 14.1. The van der Waals surface area contributed by atoms with E-state index < -0.39 is 0 Å². The first-order valence-electron chi connectivity index (χ1n) is 7.75. The molecule has 23 heavy (non-hydrogen) atoms. The molecule has 2 rings (SSSR count). The molecule has 4 heteroatoms. The molecule has 2 aromatic carbocycles. The summed E-state index contributed by atoms with van der Waals surface area (Å²) >= 11 is 0. The van der Waals surface area contributed by atoms with Gasteiger partial charge in [0.25, 0.3) is 0 Å². The summed E-state index contributed by atoms with van der Waals surface area (Å²) in [6.07, 6.45) is 0. The molecule has 0 saturated carbocycles. The Labute approximate surface area is 138 Å². The van der Waals surface area contributed by atoms with Crippen LogP contribution in [0.5, 0.6) is 0 Å². The Morgan fingerprint density at radius 2 is 1.74 bits per heavy atom. The van der Waals surface area contributed by atoms with Gasteiger partial charge >= 0.3 is 0 Å². The first kappa shape index (κ1) is 17.0. The minimum atomic E-state index is 0.635. The lowest BCUT2D eigenvalue weighted by Gasteiger charge is -2.22. The fourth-order valence-electron chi connectivity index (χ4n) is 2.49. The van der Waals surface area contributed by atoms with Crippen molar-refractivity contribution in [2.24, 2.45) is 4.99 Å². The smallest absolute Gasteiger partial charge is 0.193 e. The van der Waals surface area contributed by atoms with Crippen molar-refractivity contribution >= 4 is 5.96 Å². The molecule has 0 aliphatic rings. The molecule has 2 aromatic rings. The van der Waals surface area contributed by atoms with Gasteiger partial charge in [0.1, 0.15) is 0 Å². The maximum atomic E-state index is 5.18. The normalized spacial score (nSPS) is 11.3. The van der Waals surface area contributed by atoms with Crippen molar-refractivity contribution in [3.05, 3.63) is 71.3 Å². The molecule has 0 spiro atoms. The van der Waals surface area contributed by atoms with E-state index in [-0.39, 0.29) is 0 Å². The van der Waals surface area contributed by atoms with Gasteiger partial charge in [-0.15, -0.1) is 0 Å². The van der Waals surface area contributed by atoms with Gasteiger partial charge in [-0.3, -0.25) is 4.99 Å². The van der Waals surface area contributed by atoms with Crippen molar-refractivity contribution in [3.63, 3.8) is 0 Å². The van der Waals surface area contributed by atoms with Crippen LogP contribution in [-0.2, 0) is 24.4 Å². The number of hydrogen-bond donors (Lipinski definition) is 1. The molecule has 0 aromatic heterocycles. The van der Waals surface area contributed by atoms with E-state index in [1.165, 1.54) is 16.7 Å². The van der Waals surface area contributed by atoms with Crippen molar-refractivity contribution in [2.45, 2.75) is 19.7 Å². The third-order valence-corrected chi connectivity index (χ3v) is 3.59. The van der Waals surface area contributed by atoms with E-state index in [4.69, 9.17) is 4.74 Å². The zero-order chi connectivity index (χ0) is 16.5. The van der Waals surface area contributed by atoms with Crippen molar-refractivity contribution in [1.29, 1.82) is 0 Å². The van der Waals surface area contributed by atoms with E-state index in [9.17, 15) is 0 Å². The SMILES string of the molecule is CN=C(NCc1cccc(COC)c1)N(C)Cc1ccccc1. The van der Waals surface area contributed by atoms with E-state index in [0.717, 1.165) is 19.0 Å². The number of hydrogen-bond acceptors (Lipinski definition) is 2. The average molecular weight is 311 g/mol. The lowest BCUT2D eigenvalue weighted by Crippen LogP contribution is -2.38. The van der Waals surface area contributed by atoms with E-state index in [1.807, 2.05) is 20.2 Å². The standard InChI is InChI=1S/C19H25N3O/c1-20-19(22(2)14-16-8-5-4-6-9-16)21-13-17-10-7-11-18(12-17)15-23-3/h4-12H,13-15H2,1-3H3,(H,20,21). The summed E-state index contributed by atoms with van der Waals surface area (Å²) < 4.78 is 5.18. The molecule has 0 heterocycles. The Bertz CT molecular complexity index is 626. The number of methoxy groups -OCH3 is 1. The second kappa shape index (κ2) is 8.96. The lowest BCUT2D eigenvalue weighted by atomic mass is 10.1. The highest BCUT2D eigenvalue weighted by Gasteiger charge is 2.06. The van der Waals surface area contributed by atoms with E-state index in [2.05, 4.69) is 63.7 Å². The van der Waals surface area contributed by atoms with Crippen LogP contribution in [0.3, 0.4) is 0 Å². The van der Waals surface area contributed by atoms with Gasteiger partial charge in [-0.1, -0.05) is 54.6 Å². The summed E-state index contributed by atoms with van der Waals surface area (Å²) in [5.74, 6) is 0.881. The van der Waals surface area contributed by atoms with Crippen molar-refractivity contribution in [3.8, 4) is 0 Å². The lowest BCUT2D eigenvalue weighted by molar-refractivity contribution is 0.185. The second-order valence-electron chi connectivity index (χ2n) is 5.50. The molecular formula is C19H25N3O. The van der Waals surface area contributed by atoms with Crippen molar-refractivity contribution < 1.29 is 4.74 Å².